The zero-order valence-corrected chi connectivity index (χ0v) is 10.5. The molecule has 0 aliphatic heterocycles. The molecular weight excluding hydrogens is 262 g/mol. The SMILES string of the molecule is CCC(C)C(Br)Cc1ccc(F)cc1F. The average Bonchev–Trinajstić information content (AvgIpc) is 2.20. The lowest BCUT2D eigenvalue weighted by Crippen LogP contribution is -2.13. The molecule has 0 N–H and O–H groups in total. The molecular formula is C12H15BrF2. The summed E-state index contributed by atoms with van der Waals surface area (Å²) in [5.74, 6) is -0.497. The molecule has 0 aliphatic rings. The monoisotopic (exact) mass is 276 g/mol. The van der Waals surface area contributed by atoms with Gasteiger partial charge < -0.3 is 0 Å². The maximum atomic E-state index is 13.3. The van der Waals surface area contributed by atoms with E-state index in [9.17, 15) is 8.78 Å². The molecule has 0 saturated carbocycles. The Morgan fingerprint density at radius 3 is 2.53 bits per heavy atom. The molecule has 2 atom stereocenters. The summed E-state index contributed by atoms with van der Waals surface area (Å²) in [6, 6.07) is 3.75. The van der Waals surface area contributed by atoms with Gasteiger partial charge >= 0.3 is 0 Å². The zero-order chi connectivity index (χ0) is 11.4. The predicted octanol–water partition coefficient (Wildman–Crippen LogP) is 4.32. The summed E-state index contributed by atoms with van der Waals surface area (Å²) in [4.78, 5) is 0.238. The van der Waals surface area contributed by atoms with Gasteiger partial charge in [0.25, 0.3) is 0 Å². The molecule has 0 nitrogen and oxygen atoms in total. The Hall–Kier alpha value is -0.440. The fourth-order valence-electron chi connectivity index (χ4n) is 1.35. The highest BCUT2D eigenvalue weighted by Gasteiger charge is 2.15. The van der Waals surface area contributed by atoms with Crippen LogP contribution < -0.4 is 0 Å². The first-order valence-corrected chi connectivity index (χ1v) is 6.04. The Balaban J connectivity index is 2.72. The maximum Gasteiger partial charge on any atom is 0.129 e. The maximum absolute atomic E-state index is 13.3. The van der Waals surface area contributed by atoms with E-state index in [1.165, 1.54) is 12.1 Å². The second-order valence-electron chi connectivity index (χ2n) is 3.84. The van der Waals surface area contributed by atoms with Crippen molar-refractivity contribution in [2.45, 2.75) is 31.5 Å². The van der Waals surface area contributed by atoms with Crippen LogP contribution in [0.25, 0.3) is 0 Å². The first-order valence-electron chi connectivity index (χ1n) is 5.12. The summed E-state index contributed by atoms with van der Waals surface area (Å²) in [7, 11) is 0. The molecule has 0 fully saturated rings. The summed E-state index contributed by atoms with van der Waals surface area (Å²) in [6.07, 6.45) is 1.64. The predicted molar refractivity (Wildman–Crippen MR) is 62.2 cm³/mol. The molecule has 0 heterocycles. The van der Waals surface area contributed by atoms with Gasteiger partial charge in [-0.15, -0.1) is 0 Å². The second-order valence-corrected chi connectivity index (χ2v) is 5.02. The van der Waals surface area contributed by atoms with Crippen LogP contribution in [0, 0.1) is 17.6 Å². The Kier molecular flexibility index (Phi) is 4.71. The van der Waals surface area contributed by atoms with E-state index in [0.29, 0.717) is 17.9 Å². The minimum absolute atomic E-state index is 0.238. The van der Waals surface area contributed by atoms with Crippen LogP contribution in [0.4, 0.5) is 8.78 Å². The Morgan fingerprint density at radius 1 is 1.33 bits per heavy atom. The van der Waals surface area contributed by atoms with Crippen LogP contribution in [0.2, 0.25) is 0 Å². The summed E-state index contributed by atoms with van der Waals surface area (Å²) in [5, 5.41) is 0. The number of hydrogen-bond acceptors (Lipinski definition) is 0. The first-order chi connectivity index (χ1) is 7.04. The van der Waals surface area contributed by atoms with Gasteiger partial charge in [0.2, 0.25) is 0 Å². The standard InChI is InChI=1S/C12H15BrF2/c1-3-8(2)11(13)6-9-4-5-10(14)7-12(9)15/h4-5,7-8,11H,3,6H2,1-2H3. The minimum Gasteiger partial charge on any atom is -0.207 e. The van der Waals surface area contributed by atoms with Gasteiger partial charge in [-0.2, -0.15) is 0 Å². The van der Waals surface area contributed by atoms with E-state index < -0.39 is 11.6 Å². The quantitative estimate of drug-likeness (QED) is 0.719. The Bertz CT molecular complexity index is 325. The molecule has 0 amide bonds. The molecule has 84 valence electrons. The van der Waals surface area contributed by atoms with E-state index in [4.69, 9.17) is 0 Å². The summed E-state index contributed by atoms with van der Waals surface area (Å²) in [6.45, 7) is 4.21. The molecule has 0 aliphatic carbocycles. The first kappa shape index (κ1) is 12.6. The van der Waals surface area contributed by atoms with E-state index in [2.05, 4.69) is 29.8 Å². The third-order valence-electron chi connectivity index (χ3n) is 2.69. The number of benzene rings is 1. The smallest absolute Gasteiger partial charge is 0.129 e. The summed E-state index contributed by atoms with van der Waals surface area (Å²) >= 11 is 3.53. The van der Waals surface area contributed by atoms with Crippen molar-refractivity contribution in [1.82, 2.24) is 0 Å². The molecule has 0 bridgehead atoms. The van der Waals surface area contributed by atoms with Crippen molar-refractivity contribution >= 4 is 15.9 Å². The van der Waals surface area contributed by atoms with Crippen LogP contribution in [-0.2, 0) is 6.42 Å². The highest BCUT2D eigenvalue weighted by Crippen LogP contribution is 2.22. The van der Waals surface area contributed by atoms with Crippen LogP contribution in [0.15, 0.2) is 18.2 Å². The van der Waals surface area contributed by atoms with E-state index in [1.54, 1.807) is 0 Å². The third-order valence-corrected chi connectivity index (χ3v) is 3.92. The van der Waals surface area contributed by atoms with Gasteiger partial charge in [0, 0.05) is 10.9 Å². The number of hydrogen-bond donors (Lipinski definition) is 0. The normalized spacial score (nSPS) is 15.0. The van der Waals surface area contributed by atoms with Gasteiger partial charge in [-0.05, 0) is 24.0 Å². The van der Waals surface area contributed by atoms with Crippen molar-refractivity contribution in [1.29, 1.82) is 0 Å². The highest BCUT2D eigenvalue weighted by molar-refractivity contribution is 9.09. The van der Waals surface area contributed by atoms with Crippen molar-refractivity contribution in [3.63, 3.8) is 0 Å². The van der Waals surface area contributed by atoms with Crippen molar-refractivity contribution in [2.24, 2.45) is 5.92 Å². The van der Waals surface area contributed by atoms with E-state index >= 15 is 0 Å². The molecule has 2 unspecified atom stereocenters. The van der Waals surface area contributed by atoms with Crippen LogP contribution in [0.5, 0.6) is 0 Å². The largest absolute Gasteiger partial charge is 0.207 e. The van der Waals surface area contributed by atoms with E-state index in [0.717, 1.165) is 12.5 Å². The number of rotatable bonds is 4. The summed E-state index contributed by atoms with van der Waals surface area (Å²) < 4.78 is 26.0. The molecule has 1 aromatic carbocycles. The van der Waals surface area contributed by atoms with Crippen molar-refractivity contribution in [3.8, 4) is 0 Å². The third kappa shape index (κ3) is 3.56. The lowest BCUT2D eigenvalue weighted by atomic mass is 9.98. The van der Waals surface area contributed by atoms with E-state index in [1.807, 2.05) is 0 Å². The fourth-order valence-corrected chi connectivity index (χ4v) is 2.08. The molecule has 0 saturated heterocycles. The van der Waals surface area contributed by atoms with Crippen LogP contribution >= 0.6 is 15.9 Å². The number of halogens is 3. The fraction of sp³-hybridized carbons (Fsp3) is 0.500. The van der Waals surface area contributed by atoms with Gasteiger partial charge in [-0.3, -0.25) is 0 Å². The van der Waals surface area contributed by atoms with Crippen LogP contribution in [0.3, 0.4) is 0 Å². The van der Waals surface area contributed by atoms with Crippen molar-refractivity contribution in [3.05, 3.63) is 35.4 Å². The number of alkyl halides is 1. The topological polar surface area (TPSA) is 0 Å². The molecule has 1 aromatic rings. The molecule has 3 heteroatoms. The Labute approximate surface area is 97.8 Å². The molecule has 0 radical (unpaired) electrons. The average molecular weight is 277 g/mol. The Morgan fingerprint density at radius 2 is 2.00 bits per heavy atom. The lowest BCUT2D eigenvalue weighted by molar-refractivity contribution is 0.521. The minimum atomic E-state index is -0.522. The van der Waals surface area contributed by atoms with Gasteiger partial charge in [-0.1, -0.05) is 42.3 Å². The lowest BCUT2D eigenvalue weighted by Gasteiger charge is -2.16. The van der Waals surface area contributed by atoms with Crippen LogP contribution in [0.1, 0.15) is 25.8 Å². The second kappa shape index (κ2) is 5.59. The van der Waals surface area contributed by atoms with E-state index in [-0.39, 0.29) is 4.83 Å². The molecule has 15 heavy (non-hydrogen) atoms. The molecule has 0 aromatic heterocycles. The van der Waals surface area contributed by atoms with Gasteiger partial charge in [0.05, 0.1) is 0 Å². The van der Waals surface area contributed by atoms with Gasteiger partial charge in [0.15, 0.2) is 0 Å². The molecule has 1 rings (SSSR count). The van der Waals surface area contributed by atoms with Crippen molar-refractivity contribution < 1.29 is 8.78 Å². The van der Waals surface area contributed by atoms with Gasteiger partial charge in [0.1, 0.15) is 11.6 Å². The highest BCUT2D eigenvalue weighted by atomic mass is 79.9. The van der Waals surface area contributed by atoms with Crippen molar-refractivity contribution in [2.75, 3.05) is 0 Å². The van der Waals surface area contributed by atoms with Gasteiger partial charge in [-0.25, -0.2) is 8.78 Å². The summed E-state index contributed by atoms with van der Waals surface area (Å²) in [5.41, 5.74) is 0.568. The zero-order valence-electron chi connectivity index (χ0n) is 8.93. The van der Waals surface area contributed by atoms with Crippen LogP contribution in [-0.4, -0.2) is 4.83 Å². The molecule has 0 spiro atoms.